The molecule has 1 aromatic rings. The van der Waals surface area contributed by atoms with Crippen LogP contribution in [0.1, 0.15) is 43.9 Å². The molecule has 0 heterocycles. The second kappa shape index (κ2) is 5.72. The number of nitrogens with one attached hydrogen (secondary N) is 1. The van der Waals surface area contributed by atoms with Gasteiger partial charge >= 0.3 is 0 Å². The SMILES string of the molecule is CC(C)(CCO)CNC1CCc2c(Br)cccc21. The number of hydrogen-bond acceptors (Lipinski definition) is 2. The molecule has 100 valence electrons. The lowest BCUT2D eigenvalue weighted by Crippen LogP contribution is -2.32. The first-order chi connectivity index (χ1) is 8.53. The molecule has 0 aromatic heterocycles. The van der Waals surface area contributed by atoms with Gasteiger partial charge in [0, 0.05) is 23.7 Å². The number of hydrogen-bond donors (Lipinski definition) is 2. The number of benzene rings is 1. The van der Waals surface area contributed by atoms with E-state index in [-0.39, 0.29) is 12.0 Å². The van der Waals surface area contributed by atoms with Gasteiger partial charge in [0.2, 0.25) is 0 Å². The van der Waals surface area contributed by atoms with Crippen molar-refractivity contribution in [2.45, 2.75) is 39.2 Å². The molecule has 2 rings (SSSR count). The summed E-state index contributed by atoms with van der Waals surface area (Å²) in [5, 5.41) is 12.7. The van der Waals surface area contributed by atoms with E-state index in [1.807, 2.05) is 0 Å². The molecule has 1 aliphatic carbocycles. The second-order valence-electron chi connectivity index (χ2n) is 5.92. The summed E-state index contributed by atoms with van der Waals surface area (Å²) in [5.41, 5.74) is 3.04. The largest absolute Gasteiger partial charge is 0.396 e. The summed E-state index contributed by atoms with van der Waals surface area (Å²) in [6, 6.07) is 6.93. The van der Waals surface area contributed by atoms with E-state index < -0.39 is 0 Å². The monoisotopic (exact) mass is 311 g/mol. The average molecular weight is 312 g/mol. The molecular formula is C15H22BrNO. The molecule has 18 heavy (non-hydrogen) atoms. The van der Waals surface area contributed by atoms with E-state index in [1.54, 1.807) is 0 Å². The maximum absolute atomic E-state index is 9.05. The van der Waals surface area contributed by atoms with Crippen molar-refractivity contribution in [3.05, 3.63) is 33.8 Å². The van der Waals surface area contributed by atoms with E-state index >= 15 is 0 Å². The first-order valence-corrected chi connectivity index (χ1v) is 7.44. The lowest BCUT2D eigenvalue weighted by atomic mass is 9.89. The average Bonchev–Trinajstić information content (AvgIpc) is 2.71. The molecule has 1 aromatic carbocycles. The standard InChI is InChI=1S/C15H22BrNO/c1-15(2,8-9-18)10-17-14-7-6-11-12(14)4-3-5-13(11)16/h3-5,14,17-18H,6-10H2,1-2H3. The van der Waals surface area contributed by atoms with Crippen molar-refractivity contribution in [3.8, 4) is 0 Å². The van der Waals surface area contributed by atoms with Crippen molar-refractivity contribution >= 4 is 15.9 Å². The minimum Gasteiger partial charge on any atom is -0.396 e. The van der Waals surface area contributed by atoms with Gasteiger partial charge in [-0.05, 0) is 41.9 Å². The molecule has 2 nitrogen and oxygen atoms in total. The highest BCUT2D eigenvalue weighted by molar-refractivity contribution is 9.10. The van der Waals surface area contributed by atoms with Gasteiger partial charge in [-0.2, -0.15) is 0 Å². The van der Waals surface area contributed by atoms with E-state index in [1.165, 1.54) is 22.0 Å². The fourth-order valence-electron chi connectivity index (χ4n) is 2.61. The Kier molecular flexibility index (Phi) is 4.46. The zero-order valence-electron chi connectivity index (χ0n) is 11.2. The molecule has 2 N–H and O–H groups in total. The number of aliphatic hydroxyl groups is 1. The Morgan fingerprint density at radius 2 is 2.22 bits per heavy atom. The lowest BCUT2D eigenvalue weighted by molar-refractivity contribution is 0.202. The van der Waals surface area contributed by atoms with Crippen LogP contribution in [-0.2, 0) is 6.42 Å². The van der Waals surface area contributed by atoms with Crippen LogP contribution >= 0.6 is 15.9 Å². The summed E-state index contributed by atoms with van der Waals surface area (Å²) in [7, 11) is 0. The van der Waals surface area contributed by atoms with Crippen molar-refractivity contribution < 1.29 is 5.11 Å². The van der Waals surface area contributed by atoms with Crippen LogP contribution in [-0.4, -0.2) is 18.3 Å². The molecular weight excluding hydrogens is 290 g/mol. The van der Waals surface area contributed by atoms with Gasteiger partial charge in [0.25, 0.3) is 0 Å². The Morgan fingerprint density at radius 1 is 1.44 bits per heavy atom. The zero-order valence-corrected chi connectivity index (χ0v) is 12.8. The van der Waals surface area contributed by atoms with Crippen LogP contribution in [0.2, 0.25) is 0 Å². The summed E-state index contributed by atoms with van der Waals surface area (Å²) in [6.45, 7) is 5.62. The summed E-state index contributed by atoms with van der Waals surface area (Å²) in [5.74, 6) is 0. The van der Waals surface area contributed by atoms with Gasteiger partial charge in [-0.1, -0.05) is 41.9 Å². The van der Waals surface area contributed by atoms with Crippen LogP contribution in [0.3, 0.4) is 0 Å². The maximum Gasteiger partial charge on any atom is 0.0436 e. The highest BCUT2D eigenvalue weighted by Crippen LogP contribution is 2.36. The van der Waals surface area contributed by atoms with Crippen molar-refractivity contribution in [1.29, 1.82) is 0 Å². The minimum absolute atomic E-state index is 0.156. The lowest BCUT2D eigenvalue weighted by Gasteiger charge is -2.26. The van der Waals surface area contributed by atoms with E-state index in [4.69, 9.17) is 5.11 Å². The van der Waals surface area contributed by atoms with E-state index in [9.17, 15) is 0 Å². The topological polar surface area (TPSA) is 32.3 Å². The van der Waals surface area contributed by atoms with Gasteiger partial charge < -0.3 is 10.4 Å². The molecule has 3 heteroatoms. The Bertz CT molecular complexity index is 417. The third-order valence-electron chi connectivity index (χ3n) is 3.83. The Hall–Kier alpha value is -0.380. The molecule has 0 aliphatic heterocycles. The molecule has 0 saturated carbocycles. The molecule has 0 bridgehead atoms. The third kappa shape index (κ3) is 3.14. The summed E-state index contributed by atoms with van der Waals surface area (Å²) in [6.07, 6.45) is 3.17. The van der Waals surface area contributed by atoms with Crippen molar-refractivity contribution in [3.63, 3.8) is 0 Å². The normalized spacial score (nSPS) is 19.0. The quantitative estimate of drug-likeness (QED) is 0.873. The van der Waals surface area contributed by atoms with Crippen LogP contribution in [0, 0.1) is 5.41 Å². The Labute approximate surface area is 118 Å². The zero-order chi connectivity index (χ0) is 13.2. The third-order valence-corrected chi connectivity index (χ3v) is 4.57. The summed E-state index contributed by atoms with van der Waals surface area (Å²) < 4.78 is 1.24. The molecule has 0 saturated heterocycles. The van der Waals surface area contributed by atoms with Gasteiger partial charge in [-0.15, -0.1) is 0 Å². The van der Waals surface area contributed by atoms with E-state index in [0.717, 1.165) is 19.4 Å². The molecule has 1 aliphatic rings. The predicted octanol–water partition coefficient (Wildman–Crippen LogP) is 3.43. The van der Waals surface area contributed by atoms with Gasteiger partial charge in [-0.25, -0.2) is 0 Å². The molecule has 0 radical (unpaired) electrons. The highest BCUT2D eigenvalue weighted by Gasteiger charge is 2.26. The second-order valence-corrected chi connectivity index (χ2v) is 6.77. The molecule has 0 amide bonds. The summed E-state index contributed by atoms with van der Waals surface area (Å²) >= 11 is 3.63. The fourth-order valence-corrected chi connectivity index (χ4v) is 3.19. The number of halogens is 1. The smallest absolute Gasteiger partial charge is 0.0436 e. The Morgan fingerprint density at radius 3 is 2.94 bits per heavy atom. The number of fused-ring (bicyclic) bond motifs is 1. The first-order valence-electron chi connectivity index (χ1n) is 6.65. The summed E-state index contributed by atoms with van der Waals surface area (Å²) in [4.78, 5) is 0. The van der Waals surface area contributed by atoms with Crippen LogP contribution in [0.25, 0.3) is 0 Å². The van der Waals surface area contributed by atoms with E-state index in [0.29, 0.717) is 6.04 Å². The van der Waals surface area contributed by atoms with Gasteiger partial charge in [0.15, 0.2) is 0 Å². The number of rotatable bonds is 5. The molecule has 0 fully saturated rings. The molecule has 1 unspecified atom stereocenters. The predicted molar refractivity (Wildman–Crippen MR) is 78.7 cm³/mol. The van der Waals surface area contributed by atoms with Crippen LogP contribution in [0.15, 0.2) is 22.7 Å². The van der Waals surface area contributed by atoms with Crippen molar-refractivity contribution in [1.82, 2.24) is 5.32 Å². The molecule has 1 atom stereocenters. The Balaban J connectivity index is 2.00. The maximum atomic E-state index is 9.05. The van der Waals surface area contributed by atoms with Gasteiger partial charge in [0.1, 0.15) is 0 Å². The van der Waals surface area contributed by atoms with Gasteiger partial charge in [-0.3, -0.25) is 0 Å². The van der Waals surface area contributed by atoms with Gasteiger partial charge in [0.05, 0.1) is 0 Å². The first kappa shape index (κ1) is 14.0. The van der Waals surface area contributed by atoms with E-state index in [2.05, 4.69) is 53.3 Å². The van der Waals surface area contributed by atoms with Crippen LogP contribution < -0.4 is 5.32 Å². The molecule has 0 spiro atoms. The fraction of sp³-hybridized carbons (Fsp3) is 0.600. The van der Waals surface area contributed by atoms with Crippen molar-refractivity contribution in [2.24, 2.45) is 5.41 Å². The number of aliphatic hydroxyl groups excluding tert-OH is 1. The van der Waals surface area contributed by atoms with Crippen LogP contribution in [0.4, 0.5) is 0 Å². The highest BCUT2D eigenvalue weighted by atomic mass is 79.9. The minimum atomic E-state index is 0.156. The van der Waals surface area contributed by atoms with Crippen molar-refractivity contribution in [2.75, 3.05) is 13.2 Å². The van der Waals surface area contributed by atoms with Crippen LogP contribution in [0.5, 0.6) is 0 Å².